The zero-order valence-electron chi connectivity index (χ0n) is 18.2. The number of nitrogens with zero attached hydrogens (tertiary/aromatic N) is 3. The molecule has 194 valence electrons. The van der Waals surface area contributed by atoms with Crippen LogP contribution in [0.1, 0.15) is 12.1 Å². The molecule has 1 aromatic carbocycles. The number of aliphatic imine (C=N–C) groups is 1. The molecule has 1 saturated heterocycles. The number of pyridine rings is 1. The first-order valence-electron chi connectivity index (χ1n) is 10.3. The van der Waals surface area contributed by atoms with Gasteiger partial charge < -0.3 is 5.32 Å². The summed E-state index contributed by atoms with van der Waals surface area (Å²) in [5.41, 5.74) is -1.08. The van der Waals surface area contributed by atoms with E-state index in [-0.39, 0.29) is 17.1 Å². The van der Waals surface area contributed by atoms with Gasteiger partial charge in [0.25, 0.3) is 0 Å². The van der Waals surface area contributed by atoms with Gasteiger partial charge in [0.15, 0.2) is 0 Å². The van der Waals surface area contributed by atoms with Gasteiger partial charge in [-0.25, -0.2) is 22.2 Å². The lowest BCUT2D eigenvalue weighted by Crippen LogP contribution is -2.47. The molecule has 3 rings (SSSR count). The third-order valence-corrected chi connectivity index (χ3v) is 7.36. The molecule has 1 aliphatic heterocycles. The SMILES string of the molecule is N=C(Cl)C(C=Nc1ccc(C(F)(F)F)nc1)CNC(=O)C1CC(F)CN1S(=O)(=O)c1ccc(F)cc1. The number of hydrogen-bond acceptors (Lipinski definition) is 6. The van der Waals surface area contributed by atoms with Gasteiger partial charge in [-0.15, -0.1) is 0 Å². The Labute approximate surface area is 207 Å². The fraction of sp³-hybridized carbons (Fsp3) is 0.333. The zero-order valence-corrected chi connectivity index (χ0v) is 19.8. The van der Waals surface area contributed by atoms with Crippen molar-refractivity contribution in [1.82, 2.24) is 14.6 Å². The van der Waals surface area contributed by atoms with Crippen LogP contribution in [0.25, 0.3) is 0 Å². The Morgan fingerprint density at radius 1 is 1.28 bits per heavy atom. The third kappa shape index (κ3) is 6.62. The highest BCUT2D eigenvalue weighted by molar-refractivity contribution is 7.89. The van der Waals surface area contributed by atoms with Gasteiger partial charge in [0.1, 0.15) is 28.9 Å². The van der Waals surface area contributed by atoms with Gasteiger partial charge in [0.2, 0.25) is 15.9 Å². The summed E-state index contributed by atoms with van der Waals surface area (Å²) in [7, 11) is -4.31. The molecule has 1 fully saturated rings. The van der Waals surface area contributed by atoms with Crippen molar-refractivity contribution in [3.05, 3.63) is 54.1 Å². The Bertz CT molecular complexity index is 1240. The maximum absolute atomic E-state index is 14.1. The molecule has 2 N–H and O–H groups in total. The molecule has 0 radical (unpaired) electrons. The summed E-state index contributed by atoms with van der Waals surface area (Å²) in [4.78, 5) is 19.6. The maximum atomic E-state index is 14.1. The minimum Gasteiger partial charge on any atom is -0.354 e. The molecule has 0 bridgehead atoms. The molecule has 0 spiro atoms. The molecular formula is C21H19ClF5N5O3S. The second kappa shape index (κ2) is 11.0. The fourth-order valence-electron chi connectivity index (χ4n) is 3.34. The van der Waals surface area contributed by atoms with Gasteiger partial charge in [-0.2, -0.15) is 17.5 Å². The normalized spacial score (nSPS) is 19.9. The lowest BCUT2D eigenvalue weighted by Gasteiger charge is -2.23. The van der Waals surface area contributed by atoms with E-state index in [9.17, 15) is 35.2 Å². The van der Waals surface area contributed by atoms with Crippen molar-refractivity contribution in [2.45, 2.75) is 29.7 Å². The van der Waals surface area contributed by atoms with Crippen LogP contribution >= 0.6 is 11.6 Å². The summed E-state index contributed by atoms with van der Waals surface area (Å²) >= 11 is 5.73. The molecule has 36 heavy (non-hydrogen) atoms. The first-order valence-corrected chi connectivity index (χ1v) is 12.1. The second-order valence-corrected chi connectivity index (χ2v) is 10.1. The van der Waals surface area contributed by atoms with E-state index in [1.165, 1.54) is 0 Å². The highest BCUT2D eigenvalue weighted by Crippen LogP contribution is 2.29. The van der Waals surface area contributed by atoms with Crippen molar-refractivity contribution < 1.29 is 35.2 Å². The summed E-state index contributed by atoms with van der Waals surface area (Å²) in [5.74, 6) is -2.53. The van der Waals surface area contributed by atoms with Crippen LogP contribution in [0, 0.1) is 17.1 Å². The molecule has 8 nitrogen and oxygen atoms in total. The number of rotatable bonds is 8. The summed E-state index contributed by atoms with van der Waals surface area (Å²) in [6.07, 6.45) is -4.68. The molecule has 2 heterocycles. The molecule has 3 unspecified atom stereocenters. The Morgan fingerprint density at radius 3 is 2.50 bits per heavy atom. The number of aromatic nitrogens is 1. The number of nitrogens with one attached hydrogen (secondary N) is 2. The zero-order chi connectivity index (χ0) is 26.7. The van der Waals surface area contributed by atoms with Crippen LogP contribution in [0.3, 0.4) is 0 Å². The van der Waals surface area contributed by atoms with Crippen LogP contribution in [0.5, 0.6) is 0 Å². The van der Waals surface area contributed by atoms with Crippen molar-refractivity contribution >= 4 is 44.6 Å². The predicted molar refractivity (Wildman–Crippen MR) is 121 cm³/mol. The van der Waals surface area contributed by atoms with Gasteiger partial charge in [0.05, 0.1) is 22.7 Å². The van der Waals surface area contributed by atoms with Gasteiger partial charge in [-0.1, -0.05) is 11.6 Å². The Balaban J connectivity index is 1.69. The van der Waals surface area contributed by atoms with E-state index >= 15 is 0 Å². The Hall–Kier alpha value is -2.97. The lowest BCUT2D eigenvalue weighted by molar-refractivity contribution is -0.141. The summed E-state index contributed by atoms with van der Waals surface area (Å²) < 4.78 is 91.6. The van der Waals surface area contributed by atoms with Crippen LogP contribution in [-0.4, -0.2) is 60.3 Å². The Kier molecular flexibility index (Phi) is 8.41. The van der Waals surface area contributed by atoms with E-state index < -0.39 is 69.9 Å². The van der Waals surface area contributed by atoms with Crippen LogP contribution in [0.2, 0.25) is 0 Å². The fourth-order valence-corrected chi connectivity index (χ4v) is 5.10. The van der Waals surface area contributed by atoms with Crippen LogP contribution in [-0.2, 0) is 21.0 Å². The molecule has 1 amide bonds. The molecule has 0 saturated carbocycles. The standard InChI is InChI=1S/C21H19ClF5N5O3S/c22-19(28)12(8-29-15-3-6-18(30-10-15)21(25,26)27)9-31-20(33)17-7-14(24)11-32(17)36(34,35)16-4-1-13(23)2-5-16/h1-6,8,10,12,14,17,28H,7,9,11H2,(H,31,33). The van der Waals surface area contributed by atoms with Crippen molar-refractivity contribution in [2.75, 3.05) is 13.1 Å². The molecular weight excluding hydrogens is 533 g/mol. The lowest BCUT2D eigenvalue weighted by atomic mass is 10.1. The van der Waals surface area contributed by atoms with Crippen molar-refractivity contribution in [3.63, 3.8) is 0 Å². The van der Waals surface area contributed by atoms with Crippen LogP contribution in [0.4, 0.5) is 27.6 Å². The average molecular weight is 552 g/mol. The van der Waals surface area contributed by atoms with Crippen LogP contribution in [0.15, 0.2) is 52.5 Å². The smallest absolute Gasteiger partial charge is 0.354 e. The topological polar surface area (TPSA) is 116 Å². The van der Waals surface area contributed by atoms with E-state index in [1.807, 2.05) is 0 Å². The van der Waals surface area contributed by atoms with E-state index in [0.29, 0.717) is 4.31 Å². The van der Waals surface area contributed by atoms with Gasteiger partial charge >= 0.3 is 6.18 Å². The number of benzene rings is 1. The second-order valence-electron chi connectivity index (χ2n) is 7.75. The minimum absolute atomic E-state index is 0.0323. The monoisotopic (exact) mass is 551 g/mol. The van der Waals surface area contributed by atoms with Crippen molar-refractivity contribution in [2.24, 2.45) is 10.9 Å². The third-order valence-electron chi connectivity index (χ3n) is 5.19. The average Bonchev–Trinajstić information content (AvgIpc) is 3.21. The highest BCUT2D eigenvalue weighted by atomic mass is 35.5. The molecule has 15 heteroatoms. The molecule has 2 aromatic rings. The summed E-state index contributed by atoms with van der Waals surface area (Å²) in [6, 6.07) is 4.22. The number of amides is 1. The number of sulfonamides is 1. The van der Waals surface area contributed by atoms with E-state index in [2.05, 4.69) is 15.3 Å². The van der Waals surface area contributed by atoms with Gasteiger partial charge in [-0.3, -0.25) is 15.2 Å². The van der Waals surface area contributed by atoms with E-state index in [0.717, 1.165) is 48.8 Å². The molecule has 0 aliphatic carbocycles. The van der Waals surface area contributed by atoms with Crippen molar-refractivity contribution in [3.8, 4) is 0 Å². The molecule has 1 aliphatic rings. The predicted octanol–water partition coefficient (Wildman–Crippen LogP) is 3.69. The van der Waals surface area contributed by atoms with E-state index in [4.69, 9.17) is 17.0 Å². The summed E-state index contributed by atoms with van der Waals surface area (Å²) in [6.45, 7) is -0.897. The minimum atomic E-state index is -4.62. The maximum Gasteiger partial charge on any atom is 0.433 e. The van der Waals surface area contributed by atoms with E-state index in [1.54, 1.807) is 0 Å². The first-order chi connectivity index (χ1) is 16.8. The number of alkyl halides is 4. The Morgan fingerprint density at radius 2 is 1.94 bits per heavy atom. The number of hydrogen-bond donors (Lipinski definition) is 2. The van der Waals surface area contributed by atoms with Crippen molar-refractivity contribution in [1.29, 1.82) is 5.41 Å². The molecule has 3 atom stereocenters. The molecule has 1 aromatic heterocycles. The number of carbonyl (C=O) groups excluding carboxylic acids is 1. The number of halogens is 6. The van der Waals surface area contributed by atoms with Crippen LogP contribution < -0.4 is 5.32 Å². The van der Waals surface area contributed by atoms with Gasteiger partial charge in [-0.05, 0) is 36.4 Å². The quantitative estimate of drug-likeness (QED) is 0.384. The number of carbonyl (C=O) groups is 1. The largest absolute Gasteiger partial charge is 0.433 e. The van der Waals surface area contributed by atoms with Gasteiger partial charge in [0, 0.05) is 25.7 Å². The highest BCUT2D eigenvalue weighted by Gasteiger charge is 2.44. The summed E-state index contributed by atoms with van der Waals surface area (Å²) in [5, 5.41) is 9.58. The first kappa shape index (κ1) is 27.6.